The molecule has 1 rings (SSSR count). The average molecular weight is 318 g/mol. The SMILES string of the molecule is CC(N)(C#N)COc1cc(F)c(Br)cc1[N+](=O)[O-]. The lowest BCUT2D eigenvalue weighted by molar-refractivity contribution is -0.386. The second kappa shape index (κ2) is 5.29. The summed E-state index contributed by atoms with van der Waals surface area (Å²) in [6.07, 6.45) is 0. The van der Waals surface area contributed by atoms with Crippen molar-refractivity contribution in [2.75, 3.05) is 6.61 Å². The van der Waals surface area contributed by atoms with Crippen LogP contribution in [0.25, 0.3) is 0 Å². The highest BCUT2D eigenvalue weighted by Crippen LogP contribution is 2.32. The minimum atomic E-state index is -1.31. The summed E-state index contributed by atoms with van der Waals surface area (Å²) in [5, 5.41) is 19.4. The number of nitro groups is 1. The number of halogens is 2. The van der Waals surface area contributed by atoms with Crippen molar-refractivity contribution >= 4 is 21.6 Å². The standard InChI is InChI=1S/C10H9BrFN3O3/c1-10(14,4-13)5-18-9-3-7(12)6(11)2-8(9)15(16)17/h2-3H,5,14H2,1H3. The van der Waals surface area contributed by atoms with Crippen molar-refractivity contribution in [1.82, 2.24) is 0 Å². The van der Waals surface area contributed by atoms with Gasteiger partial charge in [-0.3, -0.25) is 10.1 Å². The van der Waals surface area contributed by atoms with E-state index in [0.717, 1.165) is 12.1 Å². The van der Waals surface area contributed by atoms with Crippen molar-refractivity contribution in [3.8, 4) is 11.8 Å². The molecular formula is C10H9BrFN3O3. The third-order valence-corrected chi connectivity index (χ3v) is 2.59. The number of nitrogens with zero attached hydrogens (tertiary/aromatic N) is 2. The molecule has 1 atom stereocenters. The van der Waals surface area contributed by atoms with Gasteiger partial charge in [0.15, 0.2) is 5.75 Å². The molecule has 0 fully saturated rings. The fraction of sp³-hybridized carbons (Fsp3) is 0.300. The maximum Gasteiger partial charge on any atom is 0.312 e. The van der Waals surface area contributed by atoms with E-state index in [-0.39, 0.29) is 16.8 Å². The molecule has 8 heteroatoms. The molecule has 0 saturated heterocycles. The monoisotopic (exact) mass is 317 g/mol. The Kier molecular flexibility index (Phi) is 4.21. The molecule has 0 amide bonds. The van der Waals surface area contributed by atoms with Crippen LogP contribution in [0.3, 0.4) is 0 Å². The number of nitriles is 1. The molecule has 0 aromatic heterocycles. The summed E-state index contributed by atoms with van der Waals surface area (Å²) in [7, 11) is 0. The predicted molar refractivity (Wildman–Crippen MR) is 64.5 cm³/mol. The van der Waals surface area contributed by atoms with Crippen molar-refractivity contribution in [2.24, 2.45) is 5.73 Å². The largest absolute Gasteiger partial charge is 0.484 e. The smallest absolute Gasteiger partial charge is 0.312 e. The maximum absolute atomic E-state index is 13.3. The van der Waals surface area contributed by atoms with Gasteiger partial charge in [0.05, 0.1) is 15.5 Å². The summed E-state index contributed by atoms with van der Waals surface area (Å²) in [5.41, 5.74) is 3.79. The summed E-state index contributed by atoms with van der Waals surface area (Å²) in [6.45, 7) is 1.11. The Bertz CT molecular complexity index is 528. The molecule has 0 radical (unpaired) electrons. The van der Waals surface area contributed by atoms with E-state index in [1.807, 2.05) is 0 Å². The van der Waals surface area contributed by atoms with Crippen molar-refractivity contribution in [2.45, 2.75) is 12.5 Å². The van der Waals surface area contributed by atoms with Crippen LogP contribution in [0.5, 0.6) is 5.75 Å². The van der Waals surface area contributed by atoms with Gasteiger partial charge in [-0.1, -0.05) is 0 Å². The van der Waals surface area contributed by atoms with E-state index in [0.29, 0.717) is 0 Å². The van der Waals surface area contributed by atoms with Gasteiger partial charge in [-0.05, 0) is 22.9 Å². The van der Waals surface area contributed by atoms with Gasteiger partial charge < -0.3 is 10.5 Å². The zero-order valence-electron chi connectivity index (χ0n) is 9.31. The van der Waals surface area contributed by atoms with E-state index in [1.54, 1.807) is 6.07 Å². The first-order valence-corrected chi connectivity index (χ1v) is 5.52. The number of rotatable bonds is 4. The minimum absolute atomic E-state index is 0.0441. The highest BCUT2D eigenvalue weighted by Gasteiger charge is 2.23. The van der Waals surface area contributed by atoms with Gasteiger partial charge in [0.2, 0.25) is 0 Å². The molecule has 0 aliphatic heterocycles. The Labute approximate surface area is 110 Å². The molecule has 1 unspecified atom stereocenters. The Morgan fingerprint density at radius 2 is 2.33 bits per heavy atom. The molecule has 18 heavy (non-hydrogen) atoms. The van der Waals surface area contributed by atoms with E-state index < -0.39 is 22.0 Å². The zero-order chi connectivity index (χ0) is 13.9. The lowest BCUT2D eigenvalue weighted by atomic mass is 10.1. The Morgan fingerprint density at radius 3 is 2.83 bits per heavy atom. The van der Waals surface area contributed by atoms with Gasteiger partial charge in [-0.15, -0.1) is 0 Å². The molecule has 6 nitrogen and oxygen atoms in total. The van der Waals surface area contributed by atoms with Crippen LogP contribution < -0.4 is 10.5 Å². The second-order valence-corrected chi connectivity index (χ2v) is 4.66. The Balaban J connectivity index is 3.05. The van der Waals surface area contributed by atoms with E-state index in [2.05, 4.69) is 15.9 Å². The van der Waals surface area contributed by atoms with Crippen molar-refractivity contribution < 1.29 is 14.1 Å². The molecule has 0 bridgehead atoms. The number of nitrogens with two attached hydrogens (primary N) is 1. The molecule has 2 N–H and O–H groups in total. The van der Waals surface area contributed by atoms with Crippen LogP contribution in [0.2, 0.25) is 0 Å². The first-order valence-electron chi connectivity index (χ1n) is 4.73. The summed E-state index contributed by atoms with van der Waals surface area (Å²) in [4.78, 5) is 10.1. The summed E-state index contributed by atoms with van der Waals surface area (Å²) in [6, 6.07) is 3.63. The second-order valence-electron chi connectivity index (χ2n) is 3.81. The van der Waals surface area contributed by atoms with Gasteiger partial charge in [-0.2, -0.15) is 5.26 Å². The van der Waals surface area contributed by atoms with E-state index in [1.165, 1.54) is 6.92 Å². The van der Waals surface area contributed by atoms with Gasteiger partial charge >= 0.3 is 5.69 Å². The highest BCUT2D eigenvalue weighted by atomic mass is 79.9. The van der Waals surface area contributed by atoms with Crippen molar-refractivity contribution in [3.05, 3.63) is 32.5 Å². The number of nitro benzene ring substituents is 1. The third-order valence-electron chi connectivity index (χ3n) is 1.98. The summed E-state index contributed by atoms with van der Waals surface area (Å²) >= 11 is 2.84. The van der Waals surface area contributed by atoms with Crippen molar-refractivity contribution in [1.29, 1.82) is 5.26 Å². The van der Waals surface area contributed by atoms with Gasteiger partial charge in [0.1, 0.15) is 18.0 Å². The minimum Gasteiger partial charge on any atom is -0.484 e. The van der Waals surface area contributed by atoms with Crippen LogP contribution in [-0.4, -0.2) is 17.1 Å². The Morgan fingerprint density at radius 1 is 1.72 bits per heavy atom. The van der Waals surface area contributed by atoms with Crippen molar-refractivity contribution in [3.63, 3.8) is 0 Å². The number of hydrogen-bond donors (Lipinski definition) is 1. The zero-order valence-corrected chi connectivity index (χ0v) is 10.9. The normalized spacial score (nSPS) is 13.5. The molecule has 0 aliphatic carbocycles. The quantitative estimate of drug-likeness (QED) is 0.676. The molecule has 1 aromatic carbocycles. The molecule has 96 valence electrons. The third kappa shape index (κ3) is 3.38. The maximum atomic E-state index is 13.3. The fourth-order valence-corrected chi connectivity index (χ4v) is 1.37. The lowest BCUT2D eigenvalue weighted by Gasteiger charge is -2.16. The highest BCUT2D eigenvalue weighted by molar-refractivity contribution is 9.10. The molecule has 0 spiro atoms. The molecular weight excluding hydrogens is 309 g/mol. The van der Waals surface area contributed by atoms with Crippen LogP contribution in [-0.2, 0) is 0 Å². The van der Waals surface area contributed by atoms with Crippen LogP contribution in [0.1, 0.15) is 6.92 Å². The summed E-state index contributed by atoms with van der Waals surface area (Å²) in [5.74, 6) is -0.973. The number of benzene rings is 1. The molecule has 0 saturated carbocycles. The molecule has 0 aliphatic rings. The van der Waals surface area contributed by atoms with Gasteiger partial charge in [0, 0.05) is 12.1 Å². The summed E-state index contributed by atoms with van der Waals surface area (Å²) < 4.78 is 18.3. The molecule has 0 heterocycles. The van der Waals surface area contributed by atoms with Crippen LogP contribution in [0.4, 0.5) is 10.1 Å². The van der Waals surface area contributed by atoms with E-state index in [4.69, 9.17) is 15.7 Å². The predicted octanol–water partition coefficient (Wildman–Crippen LogP) is 2.12. The van der Waals surface area contributed by atoms with E-state index >= 15 is 0 Å². The Hall–Kier alpha value is -1.72. The average Bonchev–Trinajstić information content (AvgIpc) is 2.30. The number of ether oxygens (including phenoxy) is 1. The fourth-order valence-electron chi connectivity index (χ4n) is 1.04. The molecule has 1 aromatic rings. The van der Waals surface area contributed by atoms with Crippen LogP contribution in [0.15, 0.2) is 16.6 Å². The first-order chi connectivity index (χ1) is 8.26. The number of hydrogen-bond acceptors (Lipinski definition) is 5. The first kappa shape index (κ1) is 14.3. The topological polar surface area (TPSA) is 102 Å². The van der Waals surface area contributed by atoms with Gasteiger partial charge in [-0.25, -0.2) is 4.39 Å². The van der Waals surface area contributed by atoms with Crippen LogP contribution in [0, 0.1) is 27.3 Å². The van der Waals surface area contributed by atoms with Crippen LogP contribution >= 0.6 is 15.9 Å². The van der Waals surface area contributed by atoms with E-state index in [9.17, 15) is 14.5 Å². The van der Waals surface area contributed by atoms with Gasteiger partial charge in [0.25, 0.3) is 0 Å². The lowest BCUT2D eigenvalue weighted by Crippen LogP contribution is -2.40.